The lowest BCUT2D eigenvalue weighted by molar-refractivity contribution is -0.115. The van der Waals surface area contributed by atoms with Gasteiger partial charge in [-0.15, -0.1) is 10.2 Å². The molecule has 0 radical (unpaired) electrons. The summed E-state index contributed by atoms with van der Waals surface area (Å²) in [5.41, 5.74) is 2.31. The van der Waals surface area contributed by atoms with Crippen LogP contribution in [0.15, 0.2) is 92.2 Å². The summed E-state index contributed by atoms with van der Waals surface area (Å²) in [6.07, 6.45) is 0. The average Bonchev–Trinajstić information content (AvgIpc) is 3.26. The Labute approximate surface area is 225 Å². The zero-order chi connectivity index (χ0) is 25.2. The molecular formula is C26H22BrN5O2S2. The van der Waals surface area contributed by atoms with Crippen LogP contribution in [0, 0.1) is 0 Å². The van der Waals surface area contributed by atoms with E-state index in [1.54, 1.807) is 22.7 Å². The number of thioether (sulfide) groups is 1. The minimum atomic E-state index is -0.370. The number of anilines is 2. The second-order valence-electron chi connectivity index (χ2n) is 8.13. The SMILES string of the molecule is CC(NC(=O)c1ccccc1Br)c1nnc(SCC(=O)N2c3ccccc3Sc3ccccc32)n1C. The van der Waals surface area contributed by atoms with Crippen LogP contribution in [0.1, 0.15) is 29.1 Å². The van der Waals surface area contributed by atoms with Crippen LogP contribution in [-0.2, 0) is 11.8 Å². The van der Waals surface area contributed by atoms with Crippen molar-refractivity contribution in [1.29, 1.82) is 0 Å². The third kappa shape index (κ3) is 4.80. The molecule has 0 aliphatic carbocycles. The first-order valence-electron chi connectivity index (χ1n) is 11.2. The predicted octanol–water partition coefficient (Wildman–Crippen LogP) is 5.99. The second kappa shape index (κ2) is 10.5. The molecule has 0 fully saturated rings. The number of hydrogen-bond acceptors (Lipinski definition) is 6. The molecule has 0 saturated carbocycles. The molecule has 1 aromatic heterocycles. The van der Waals surface area contributed by atoms with Gasteiger partial charge < -0.3 is 9.88 Å². The van der Waals surface area contributed by atoms with E-state index in [0.717, 1.165) is 25.6 Å². The number of aromatic nitrogens is 3. The fourth-order valence-corrected chi connectivity index (χ4v) is 6.27. The van der Waals surface area contributed by atoms with Crippen molar-refractivity contribution in [3.8, 4) is 0 Å². The zero-order valence-electron chi connectivity index (χ0n) is 19.5. The molecule has 2 heterocycles. The van der Waals surface area contributed by atoms with Crippen molar-refractivity contribution >= 4 is 62.6 Å². The maximum absolute atomic E-state index is 13.5. The molecule has 1 aliphatic rings. The molecule has 0 saturated heterocycles. The number of amides is 2. The van der Waals surface area contributed by atoms with Gasteiger partial charge >= 0.3 is 0 Å². The predicted molar refractivity (Wildman–Crippen MR) is 146 cm³/mol. The highest BCUT2D eigenvalue weighted by atomic mass is 79.9. The summed E-state index contributed by atoms with van der Waals surface area (Å²) in [6.45, 7) is 1.86. The molecule has 1 N–H and O–H groups in total. The molecule has 2 amide bonds. The average molecular weight is 581 g/mol. The number of benzene rings is 3. The number of hydrogen-bond donors (Lipinski definition) is 1. The molecule has 1 aliphatic heterocycles. The largest absolute Gasteiger partial charge is 0.342 e. The van der Waals surface area contributed by atoms with Crippen molar-refractivity contribution in [2.75, 3.05) is 10.7 Å². The van der Waals surface area contributed by atoms with Gasteiger partial charge in [0.25, 0.3) is 5.91 Å². The Bertz CT molecular complexity index is 1410. The van der Waals surface area contributed by atoms with Crippen LogP contribution >= 0.6 is 39.5 Å². The van der Waals surface area contributed by atoms with Gasteiger partial charge in [-0.1, -0.05) is 59.9 Å². The van der Waals surface area contributed by atoms with Gasteiger partial charge in [0, 0.05) is 21.3 Å². The second-order valence-corrected chi connectivity index (χ2v) is 11.0. The molecule has 1 unspecified atom stereocenters. The van der Waals surface area contributed by atoms with E-state index in [0.29, 0.717) is 16.5 Å². The molecule has 36 heavy (non-hydrogen) atoms. The van der Waals surface area contributed by atoms with E-state index in [2.05, 4.69) is 31.4 Å². The van der Waals surface area contributed by atoms with E-state index in [9.17, 15) is 9.59 Å². The Morgan fingerprint density at radius 2 is 1.58 bits per heavy atom. The zero-order valence-corrected chi connectivity index (χ0v) is 22.7. The number of rotatable bonds is 6. The minimum Gasteiger partial charge on any atom is -0.342 e. The van der Waals surface area contributed by atoms with Crippen molar-refractivity contribution < 1.29 is 9.59 Å². The first kappa shape index (κ1) is 24.6. The van der Waals surface area contributed by atoms with E-state index >= 15 is 0 Å². The van der Waals surface area contributed by atoms with Crippen molar-refractivity contribution in [3.63, 3.8) is 0 Å². The van der Waals surface area contributed by atoms with Gasteiger partial charge in [-0.2, -0.15) is 0 Å². The summed E-state index contributed by atoms with van der Waals surface area (Å²) in [6, 6.07) is 22.7. The molecule has 1 atom stereocenters. The lowest BCUT2D eigenvalue weighted by Crippen LogP contribution is -2.30. The molecule has 182 valence electrons. The summed E-state index contributed by atoms with van der Waals surface area (Å²) in [5, 5.41) is 12.1. The van der Waals surface area contributed by atoms with Crippen LogP contribution in [0.25, 0.3) is 0 Å². The van der Waals surface area contributed by atoms with Crippen molar-refractivity contribution in [2.24, 2.45) is 7.05 Å². The summed E-state index contributed by atoms with van der Waals surface area (Å²) >= 11 is 6.41. The van der Waals surface area contributed by atoms with Crippen LogP contribution in [0.4, 0.5) is 11.4 Å². The molecule has 0 bridgehead atoms. The smallest absolute Gasteiger partial charge is 0.253 e. The normalized spacial score (nSPS) is 13.0. The van der Waals surface area contributed by atoms with E-state index in [1.165, 1.54) is 11.8 Å². The quantitative estimate of drug-likeness (QED) is 0.282. The Balaban J connectivity index is 1.30. The molecule has 7 nitrogen and oxygen atoms in total. The maximum Gasteiger partial charge on any atom is 0.253 e. The molecule has 4 aromatic rings. The summed E-state index contributed by atoms with van der Waals surface area (Å²) < 4.78 is 2.54. The van der Waals surface area contributed by atoms with Gasteiger partial charge in [0.05, 0.1) is 28.7 Å². The number of nitrogens with zero attached hydrogens (tertiary/aromatic N) is 4. The van der Waals surface area contributed by atoms with Crippen LogP contribution in [0.2, 0.25) is 0 Å². The number of nitrogens with one attached hydrogen (secondary N) is 1. The van der Waals surface area contributed by atoms with Gasteiger partial charge in [0.1, 0.15) is 0 Å². The van der Waals surface area contributed by atoms with Gasteiger partial charge in [0.2, 0.25) is 5.91 Å². The number of carbonyl (C=O) groups is 2. The molecule has 0 spiro atoms. The lowest BCUT2D eigenvalue weighted by atomic mass is 10.2. The van der Waals surface area contributed by atoms with Gasteiger partial charge in [-0.05, 0) is 59.3 Å². The van der Waals surface area contributed by atoms with Crippen molar-refractivity contribution in [2.45, 2.75) is 27.9 Å². The minimum absolute atomic E-state index is 0.0416. The van der Waals surface area contributed by atoms with Crippen LogP contribution in [0.3, 0.4) is 0 Å². The fourth-order valence-electron chi connectivity index (χ4n) is 3.98. The summed E-state index contributed by atoms with van der Waals surface area (Å²) in [7, 11) is 1.84. The van der Waals surface area contributed by atoms with Crippen LogP contribution < -0.4 is 10.2 Å². The van der Waals surface area contributed by atoms with E-state index in [4.69, 9.17) is 0 Å². The van der Waals surface area contributed by atoms with Crippen molar-refractivity contribution in [3.05, 3.63) is 88.7 Å². The highest BCUT2D eigenvalue weighted by molar-refractivity contribution is 9.10. The fraction of sp³-hybridized carbons (Fsp3) is 0.154. The Morgan fingerprint density at radius 1 is 0.972 bits per heavy atom. The number of carbonyl (C=O) groups excluding carboxylic acids is 2. The van der Waals surface area contributed by atoms with Gasteiger partial charge in [-0.25, -0.2) is 0 Å². The van der Waals surface area contributed by atoms with Crippen molar-refractivity contribution in [1.82, 2.24) is 20.1 Å². The third-order valence-corrected chi connectivity index (χ3v) is 8.56. The highest BCUT2D eigenvalue weighted by Crippen LogP contribution is 2.48. The molecule has 10 heteroatoms. The number of halogens is 1. The topological polar surface area (TPSA) is 80.1 Å². The Morgan fingerprint density at radius 3 is 2.25 bits per heavy atom. The first-order valence-corrected chi connectivity index (χ1v) is 13.8. The summed E-state index contributed by atoms with van der Waals surface area (Å²) in [4.78, 5) is 30.0. The van der Waals surface area contributed by atoms with E-state index in [1.807, 2.05) is 85.3 Å². The third-order valence-electron chi connectivity index (χ3n) is 5.73. The standard InChI is InChI=1S/C26H22BrN5O2S2/c1-16(28-25(34)17-9-3-4-10-18(17)27)24-29-30-26(31(24)2)35-15-23(33)32-19-11-5-7-13-21(19)36-22-14-8-6-12-20(22)32/h3-14,16H,15H2,1-2H3,(H,28,34). The monoisotopic (exact) mass is 579 g/mol. The van der Waals surface area contributed by atoms with Gasteiger partial charge in [0.15, 0.2) is 11.0 Å². The Kier molecular flexibility index (Phi) is 7.17. The first-order chi connectivity index (χ1) is 17.4. The maximum atomic E-state index is 13.5. The van der Waals surface area contributed by atoms with Crippen LogP contribution in [-0.4, -0.2) is 32.3 Å². The highest BCUT2D eigenvalue weighted by Gasteiger charge is 2.28. The van der Waals surface area contributed by atoms with E-state index in [-0.39, 0.29) is 23.6 Å². The molecule has 5 rings (SSSR count). The lowest BCUT2D eigenvalue weighted by Gasteiger charge is -2.30. The van der Waals surface area contributed by atoms with E-state index < -0.39 is 0 Å². The number of fused-ring (bicyclic) bond motifs is 2. The Hall–Kier alpha value is -3.08. The molecular weight excluding hydrogens is 558 g/mol. The summed E-state index contributed by atoms with van der Waals surface area (Å²) in [5.74, 6) is 0.551. The molecule has 3 aromatic carbocycles. The van der Waals surface area contributed by atoms with Gasteiger partial charge in [-0.3, -0.25) is 14.5 Å². The number of para-hydroxylation sites is 2. The van der Waals surface area contributed by atoms with Crippen LogP contribution in [0.5, 0.6) is 0 Å².